The third-order valence-corrected chi connectivity index (χ3v) is 11.9. The Morgan fingerprint density at radius 1 is 0.314 bits per heavy atom. The molecule has 0 aliphatic carbocycles. The zero-order valence-electron chi connectivity index (χ0n) is 45.2. The maximum absolute atomic E-state index is 12.9. The van der Waals surface area contributed by atoms with Crippen LogP contribution in [0.4, 0.5) is 0 Å². The average molecular weight is 970 g/mol. The molecule has 0 saturated carbocycles. The van der Waals surface area contributed by atoms with Crippen LogP contribution in [-0.2, 0) is 28.6 Å². The number of carbonyl (C=O) groups is 3. The molecule has 0 amide bonds. The molecule has 0 rings (SSSR count). The summed E-state index contributed by atoms with van der Waals surface area (Å²) in [6, 6.07) is 0. The lowest BCUT2D eigenvalue weighted by Gasteiger charge is -2.18. The molecule has 0 aliphatic rings. The summed E-state index contributed by atoms with van der Waals surface area (Å²) in [6.07, 6.45) is 79.0. The molecule has 0 aromatic heterocycles. The van der Waals surface area contributed by atoms with E-state index in [4.69, 9.17) is 14.2 Å². The van der Waals surface area contributed by atoms with Crippen LogP contribution in [0, 0.1) is 0 Å². The number of allylic oxidation sites excluding steroid dienone is 20. The Morgan fingerprint density at radius 3 is 1.06 bits per heavy atom. The predicted molar refractivity (Wildman–Crippen MR) is 302 cm³/mol. The molecule has 396 valence electrons. The minimum absolute atomic E-state index is 0.106. The van der Waals surface area contributed by atoms with Gasteiger partial charge in [-0.2, -0.15) is 0 Å². The van der Waals surface area contributed by atoms with Crippen molar-refractivity contribution in [3.63, 3.8) is 0 Å². The summed E-state index contributed by atoms with van der Waals surface area (Å²) in [4.78, 5) is 38.2. The lowest BCUT2D eigenvalue weighted by Crippen LogP contribution is -2.30. The molecular formula is C64H104O6. The van der Waals surface area contributed by atoms with Gasteiger partial charge in [-0.25, -0.2) is 0 Å². The molecule has 6 heteroatoms. The minimum Gasteiger partial charge on any atom is -0.462 e. The lowest BCUT2D eigenvalue weighted by molar-refractivity contribution is -0.167. The Kier molecular flexibility index (Phi) is 54.0. The van der Waals surface area contributed by atoms with Crippen LogP contribution in [0.15, 0.2) is 122 Å². The number of hydrogen-bond acceptors (Lipinski definition) is 6. The van der Waals surface area contributed by atoms with Crippen molar-refractivity contribution in [1.29, 1.82) is 0 Å². The molecule has 0 aromatic carbocycles. The first-order valence-corrected chi connectivity index (χ1v) is 28.6. The molecule has 1 atom stereocenters. The first-order valence-electron chi connectivity index (χ1n) is 28.6. The number of rotatable bonds is 50. The highest BCUT2D eigenvalue weighted by molar-refractivity contribution is 5.71. The molecule has 0 fully saturated rings. The zero-order valence-corrected chi connectivity index (χ0v) is 45.2. The highest BCUT2D eigenvalue weighted by Crippen LogP contribution is 2.16. The Morgan fingerprint density at radius 2 is 0.629 bits per heavy atom. The predicted octanol–water partition coefficient (Wildman–Crippen LogP) is 19.3. The van der Waals surface area contributed by atoms with E-state index in [1.807, 2.05) is 72.9 Å². The maximum Gasteiger partial charge on any atom is 0.306 e. The second-order valence-corrected chi connectivity index (χ2v) is 18.6. The molecule has 0 radical (unpaired) electrons. The highest BCUT2D eigenvalue weighted by atomic mass is 16.6. The Labute approximate surface area is 431 Å². The fraction of sp³-hybridized carbons (Fsp3) is 0.641. The summed E-state index contributed by atoms with van der Waals surface area (Å²) in [7, 11) is 0. The van der Waals surface area contributed by atoms with Gasteiger partial charge < -0.3 is 14.2 Å². The number of esters is 3. The van der Waals surface area contributed by atoms with Gasteiger partial charge >= 0.3 is 17.9 Å². The van der Waals surface area contributed by atoms with E-state index >= 15 is 0 Å². The zero-order chi connectivity index (χ0) is 50.7. The minimum atomic E-state index is -0.809. The van der Waals surface area contributed by atoms with E-state index < -0.39 is 6.10 Å². The molecular weight excluding hydrogens is 865 g/mol. The van der Waals surface area contributed by atoms with Crippen LogP contribution in [0.3, 0.4) is 0 Å². The monoisotopic (exact) mass is 969 g/mol. The Hall–Kier alpha value is -4.19. The molecule has 70 heavy (non-hydrogen) atoms. The van der Waals surface area contributed by atoms with Crippen molar-refractivity contribution in [2.45, 2.75) is 252 Å². The third-order valence-electron chi connectivity index (χ3n) is 11.9. The van der Waals surface area contributed by atoms with Gasteiger partial charge in [-0.1, -0.05) is 277 Å². The average Bonchev–Trinajstić information content (AvgIpc) is 3.36. The summed E-state index contributed by atoms with van der Waals surface area (Å²) in [5, 5.41) is 0. The molecule has 0 aromatic rings. The van der Waals surface area contributed by atoms with E-state index in [-0.39, 0.29) is 31.1 Å². The first-order chi connectivity index (χ1) is 34.5. The van der Waals surface area contributed by atoms with Gasteiger partial charge in [0.2, 0.25) is 0 Å². The summed E-state index contributed by atoms with van der Waals surface area (Å²) < 4.78 is 16.8. The molecule has 1 unspecified atom stereocenters. The molecule has 0 heterocycles. The van der Waals surface area contributed by atoms with Crippen molar-refractivity contribution in [1.82, 2.24) is 0 Å². The standard InChI is InChI=1S/C64H104O6/c1-4-7-10-13-16-19-22-25-28-30-32-34-36-39-42-45-48-51-54-57-63(66)69-60-61(59-68-62(65)56-53-50-47-44-41-38-27-24-21-18-15-12-9-6-3)70-64(67)58-55-52-49-46-43-40-37-35-33-31-29-26-23-20-17-14-11-8-5-2/h7,9-10,12-13,16,18-19,21-22,25,27-28,30,32,34,36,38-39,42,61H,4-6,8,11,14-15,17,20,23-24,26,29,31,33,35,37,40-41,43-60H2,1-3H3/b10-7-,12-9-,16-13-,21-18-,22-19-,28-25-,32-30+,36-34-,38-27-,42-39-. The van der Waals surface area contributed by atoms with E-state index in [2.05, 4.69) is 69.4 Å². The van der Waals surface area contributed by atoms with Gasteiger partial charge in [0.25, 0.3) is 0 Å². The topological polar surface area (TPSA) is 78.9 Å². The van der Waals surface area contributed by atoms with Crippen molar-refractivity contribution >= 4 is 17.9 Å². The molecule has 0 N–H and O–H groups in total. The van der Waals surface area contributed by atoms with E-state index in [1.54, 1.807) is 0 Å². The van der Waals surface area contributed by atoms with Gasteiger partial charge in [0.15, 0.2) is 6.10 Å². The lowest BCUT2D eigenvalue weighted by atomic mass is 10.0. The summed E-state index contributed by atoms with van der Waals surface area (Å²) >= 11 is 0. The van der Waals surface area contributed by atoms with Gasteiger partial charge in [-0.3, -0.25) is 14.4 Å². The summed E-state index contributed by atoms with van der Waals surface area (Å²) in [5.74, 6) is -0.970. The van der Waals surface area contributed by atoms with E-state index in [1.165, 1.54) is 103 Å². The second-order valence-electron chi connectivity index (χ2n) is 18.6. The van der Waals surface area contributed by atoms with Crippen molar-refractivity contribution < 1.29 is 28.6 Å². The highest BCUT2D eigenvalue weighted by Gasteiger charge is 2.19. The van der Waals surface area contributed by atoms with Crippen LogP contribution in [0.2, 0.25) is 0 Å². The largest absolute Gasteiger partial charge is 0.462 e. The van der Waals surface area contributed by atoms with E-state index in [0.29, 0.717) is 19.3 Å². The smallest absolute Gasteiger partial charge is 0.306 e. The summed E-state index contributed by atoms with van der Waals surface area (Å²) in [5.41, 5.74) is 0. The molecule has 0 saturated heterocycles. The van der Waals surface area contributed by atoms with Crippen LogP contribution >= 0.6 is 0 Å². The molecule has 0 aliphatic heterocycles. The van der Waals surface area contributed by atoms with E-state index in [9.17, 15) is 14.4 Å². The number of carbonyl (C=O) groups excluding carboxylic acids is 3. The van der Waals surface area contributed by atoms with Crippen molar-refractivity contribution in [2.75, 3.05) is 13.2 Å². The van der Waals surface area contributed by atoms with Gasteiger partial charge in [-0.05, 0) is 70.6 Å². The fourth-order valence-corrected chi connectivity index (χ4v) is 7.68. The normalized spacial score (nSPS) is 13.0. The van der Waals surface area contributed by atoms with Crippen LogP contribution in [0.25, 0.3) is 0 Å². The van der Waals surface area contributed by atoms with Crippen LogP contribution < -0.4 is 0 Å². The van der Waals surface area contributed by atoms with Crippen LogP contribution in [0.5, 0.6) is 0 Å². The van der Waals surface area contributed by atoms with Gasteiger partial charge in [0.1, 0.15) is 13.2 Å². The summed E-state index contributed by atoms with van der Waals surface area (Å²) in [6.45, 7) is 6.33. The van der Waals surface area contributed by atoms with Gasteiger partial charge in [0, 0.05) is 19.3 Å². The quantitative estimate of drug-likeness (QED) is 0.0199. The van der Waals surface area contributed by atoms with Crippen molar-refractivity contribution in [2.24, 2.45) is 0 Å². The molecule has 0 spiro atoms. The van der Waals surface area contributed by atoms with Gasteiger partial charge in [-0.15, -0.1) is 0 Å². The SMILES string of the molecule is CC\C=C/C=C\C=C/C=C\C=C\C=C/C=C\CCCCCC(=O)OCC(COC(=O)CCCCCC/C=C\C/C=C\C/C=C\CC)OC(=O)CCCCCCCCCCCCCCCCCCCCC. The number of unbranched alkanes of at least 4 members (excludes halogenated alkanes) is 25. The molecule has 6 nitrogen and oxygen atoms in total. The van der Waals surface area contributed by atoms with E-state index in [0.717, 1.165) is 103 Å². The van der Waals surface area contributed by atoms with Crippen molar-refractivity contribution in [3.05, 3.63) is 122 Å². The first kappa shape index (κ1) is 65.8. The Balaban J connectivity index is 4.50. The number of hydrogen-bond donors (Lipinski definition) is 0. The van der Waals surface area contributed by atoms with Crippen LogP contribution in [-0.4, -0.2) is 37.2 Å². The third kappa shape index (κ3) is 54.7. The fourth-order valence-electron chi connectivity index (χ4n) is 7.68. The van der Waals surface area contributed by atoms with Crippen LogP contribution in [0.1, 0.15) is 245 Å². The maximum atomic E-state index is 12.9. The van der Waals surface area contributed by atoms with Gasteiger partial charge in [0.05, 0.1) is 0 Å². The van der Waals surface area contributed by atoms with Crippen molar-refractivity contribution in [3.8, 4) is 0 Å². The number of ether oxygens (including phenoxy) is 3. The molecule has 0 bridgehead atoms. The second kappa shape index (κ2) is 57.4. The Bertz CT molecular complexity index is 1490.